The summed E-state index contributed by atoms with van der Waals surface area (Å²) in [5.41, 5.74) is 1.53. The molecule has 1 aromatic carbocycles. The molecule has 1 amide bonds. The SMILES string of the molecule is C[C@@H]1CCCN(C(=O)c2c[nH]c(=S)n2-c2ccccc2)CC1. The Labute approximate surface area is 135 Å². The monoisotopic (exact) mass is 315 g/mol. The van der Waals surface area contributed by atoms with Gasteiger partial charge in [0.15, 0.2) is 4.77 Å². The van der Waals surface area contributed by atoms with Gasteiger partial charge in [-0.3, -0.25) is 9.36 Å². The van der Waals surface area contributed by atoms with Gasteiger partial charge in [-0.2, -0.15) is 0 Å². The van der Waals surface area contributed by atoms with Gasteiger partial charge in [0.05, 0.1) is 0 Å². The van der Waals surface area contributed by atoms with Gasteiger partial charge in [-0.25, -0.2) is 0 Å². The Morgan fingerprint density at radius 3 is 2.77 bits per heavy atom. The summed E-state index contributed by atoms with van der Waals surface area (Å²) < 4.78 is 2.38. The quantitative estimate of drug-likeness (QED) is 0.857. The Bertz CT molecular complexity index is 704. The number of carbonyl (C=O) groups excluding carboxylic acids is 1. The molecule has 0 bridgehead atoms. The molecule has 116 valence electrons. The highest BCUT2D eigenvalue weighted by atomic mass is 32.1. The zero-order chi connectivity index (χ0) is 15.5. The van der Waals surface area contributed by atoms with Gasteiger partial charge in [-0.1, -0.05) is 25.1 Å². The Morgan fingerprint density at radius 1 is 1.23 bits per heavy atom. The fourth-order valence-electron chi connectivity index (χ4n) is 2.99. The van der Waals surface area contributed by atoms with Gasteiger partial charge in [0.1, 0.15) is 5.69 Å². The van der Waals surface area contributed by atoms with E-state index in [1.807, 2.05) is 39.8 Å². The largest absolute Gasteiger partial charge is 0.337 e. The average molecular weight is 315 g/mol. The molecule has 1 aliphatic heterocycles. The lowest BCUT2D eigenvalue weighted by atomic mass is 10.0. The van der Waals surface area contributed by atoms with Crippen molar-refractivity contribution in [2.75, 3.05) is 13.1 Å². The molecule has 0 aliphatic carbocycles. The van der Waals surface area contributed by atoms with Crippen molar-refractivity contribution in [3.8, 4) is 5.69 Å². The first-order chi connectivity index (χ1) is 10.7. The number of likely N-dealkylation sites (tertiary alicyclic amines) is 1. The molecule has 1 N–H and O–H groups in total. The van der Waals surface area contributed by atoms with E-state index in [4.69, 9.17) is 12.2 Å². The second-order valence-corrected chi connectivity index (χ2v) is 6.37. The Balaban J connectivity index is 1.92. The highest BCUT2D eigenvalue weighted by Gasteiger charge is 2.23. The summed E-state index contributed by atoms with van der Waals surface area (Å²) in [6, 6.07) is 9.78. The van der Waals surface area contributed by atoms with Crippen LogP contribution in [-0.4, -0.2) is 33.4 Å². The van der Waals surface area contributed by atoms with E-state index in [0.717, 1.165) is 31.6 Å². The number of H-pyrrole nitrogens is 1. The van der Waals surface area contributed by atoms with E-state index >= 15 is 0 Å². The molecule has 1 aliphatic rings. The number of aromatic nitrogens is 2. The predicted molar refractivity (Wildman–Crippen MR) is 89.9 cm³/mol. The average Bonchev–Trinajstić information content (AvgIpc) is 2.78. The van der Waals surface area contributed by atoms with E-state index in [1.165, 1.54) is 6.42 Å². The number of carbonyl (C=O) groups is 1. The molecule has 2 heterocycles. The van der Waals surface area contributed by atoms with E-state index in [1.54, 1.807) is 6.20 Å². The van der Waals surface area contributed by atoms with E-state index < -0.39 is 0 Å². The minimum absolute atomic E-state index is 0.0605. The molecule has 22 heavy (non-hydrogen) atoms. The van der Waals surface area contributed by atoms with E-state index in [-0.39, 0.29) is 5.91 Å². The van der Waals surface area contributed by atoms with Crippen molar-refractivity contribution < 1.29 is 4.79 Å². The van der Waals surface area contributed by atoms with Gasteiger partial charge >= 0.3 is 0 Å². The molecule has 1 fully saturated rings. The maximum absolute atomic E-state index is 12.9. The molecule has 1 saturated heterocycles. The molecule has 0 saturated carbocycles. The van der Waals surface area contributed by atoms with Crippen molar-refractivity contribution >= 4 is 18.1 Å². The van der Waals surface area contributed by atoms with Crippen LogP contribution in [-0.2, 0) is 0 Å². The van der Waals surface area contributed by atoms with Gasteiger partial charge in [-0.15, -0.1) is 0 Å². The Morgan fingerprint density at radius 2 is 2.00 bits per heavy atom. The second-order valence-electron chi connectivity index (χ2n) is 5.98. The molecule has 0 spiro atoms. The third kappa shape index (κ3) is 2.99. The van der Waals surface area contributed by atoms with Crippen LogP contribution in [0, 0.1) is 10.7 Å². The van der Waals surface area contributed by atoms with Crippen molar-refractivity contribution in [2.45, 2.75) is 26.2 Å². The first kappa shape index (κ1) is 15.0. The van der Waals surface area contributed by atoms with Gasteiger partial charge in [0, 0.05) is 25.0 Å². The number of hydrogen-bond acceptors (Lipinski definition) is 2. The molecule has 3 rings (SSSR count). The first-order valence-corrected chi connectivity index (χ1v) is 8.23. The van der Waals surface area contributed by atoms with Gasteiger partial charge in [-0.05, 0) is 49.5 Å². The van der Waals surface area contributed by atoms with Crippen LogP contribution in [0.1, 0.15) is 36.7 Å². The van der Waals surface area contributed by atoms with Crippen LogP contribution in [0.25, 0.3) is 5.69 Å². The lowest BCUT2D eigenvalue weighted by Gasteiger charge is -2.21. The zero-order valence-electron chi connectivity index (χ0n) is 12.8. The standard InChI is InChI=1S/C17H21N3OS/c1-13-6-5-10-19(11-9-13)16(21)15-12-18-17(22)20(15)14-7-3-2-4-8-14/h2-4,7-8,12-13H,5-6,9-11H2,1H3,(H,18,22)/t13-/m1/s1. The molecular weight excluding hydrogens is 294 g/mol. The number of nitrogens with one attached hydrogen (secondary N) is 1. The summed E-state index contributed by atoms with van der Waals surface area (Å²) in [6.45, 7) is 3.92. The smallest absolute Gasteiger partial charge is 0.272 e. The van der Waals surface area contributed by atoms with Crippen LogP contribution < -0.4 is 0 Å². The molecule has 1 atom stereocenters. The van der Waals surface area contributed by atoms with Gasteiger partial charge < -0.3 is 9.88 Å². The number of hydrogen-bond donors (Lipinski definition) is 1. The van der Waals surface area contributed by atoms with E-state index in [9.17, 15) is 4.79 Å². The summed E-state index contributed by atoms with van der Waals surface area (Å²) in [6.07, 6.45) is 5.07. The Hall–Kier alpha value is -1.88. The topological polar surface area (TPSA) is 41.0 Å². The molecule has 0 radical (unpaired) electrons. The van der Waals surface area contributed by atoms with Crippen molar-refractivity contribution in [3.63, 3.8) is 0 Å². The van der Waals surface area contributed by atoms with Gasteiger partial charge in [0.25, 0.3) is 5.91 Å². The number of imidazole rings is 1. The minimum atomic E-state index is 0.0605. The van der Waals surface area contributed by atoms with Crippen molar-refractivity contribution in [1.29, 1.82) is 0 Å². The maximum Gasteiger partial charge on any atom is 0.272 e. The minimum Gasteiger partial charge on any atom is -0.337 e. The van der Waals surface area contributed by atoms with Crippen LogP contribution >= 0.6 is 12.2 Å². The number of aromatic amines is 1. The number of rotatable bonds is 2. The van der Waals surface area contributed by atoms with Gasteiger partial charge in [0.2, 0.25) is 0 Å². The summed E-state index contributed by atoms with van der Waals surface area (Å²) in [4.78, 5) is 17.9. The van der Waals surface area contributed by atoms with Crippen LogP contribution in [0.5, 0.6) is 0 Å². The predicted octanol–water partition coefficient (Wildman–Crippen LogP) is 3.80. The highest BCUT2D eigenvalue weighted by molar-refractivity contribution is 7.71. The third-order valence-electron chi connectivity index (χ3n) is 4.31. The summed E-state index contributed by atoms with van der Waals surface area (Å²) in [7, 11) is 0. The normalized spacial score (nSPS) is 19.0. The molecule has 4 nitrogen and oxygen atoms in total. The van der Waals surface area contributed by atoms with Crippen LogP contribution in [0.3, 0.4) is 0 Å². The second kappa shape index (κ2) is 6.48. The number of nitrogens with zero attached hydrogens (tertiary/aromatic N) is 2. The van der Waals surface area contributed by atoms with E-state index in [0.29, 0.717) is 16.4 Å². The molecular formula is C17H21N3OS. The number of para-hydroxylation sites is 1. The first-order valence-electron chi connectivity index (χ1n) is 7.82. The third-order valence-corrected chi connectivity index (χ3v) is 4.61. The molecule has 5 heteroatoms. The van der Waals surface area contributed by atoms with Crippen molar-refractivity contribution in [3.05, 3.63) is 47.0 Å². The number of amides is 1. The lowest BCUT2D eigenvalue weighted by molar-refractivity contribution is 0.0752. The van der Waals surface area contributed by atoms with Crippen LogP contribution in [0.15, 0.2) is 36.5 Å². The van der Waals surface area contributed by atoms with Crippen LogP contribution in [0.2, 0.25) is 0 Å². The fourth-order valence-corrected chi connectivity index (χ4v) is 3.25. The van der Waals surface area contributed by atoms with Crippen molar-refractivity contribution in [2.24, 2.45) is 5.92 Å². The zero-order valence-corrected chi connectivity index (χ0v) is 13.6. The molecule has 0 unspecified atom stereocenters. The number of benzene rings is 1. The van der Waals surface area contributed by atoms with E-state index in [2.05, 4.69) is 11.9 Å². The maximum atomic E-state index is 12.9. The van der Waals surface area contributed by atoms with Crippen molar-refractivity contribution in [1.82, 2.24) is 14.5 Å². The summed E-state index contributed by atoms with van der Waals surface area (Å²) in [5.74, 6) is 0.755. The Kier molecular flexibility index (Phi) is 4.43. The highest BCUT2D eigenvalue weighted by Crippen LogP contribution is 2.20. The fraction of sp³-hybridized carbons (Fsp3) is 0.412. The lowest BCUT2D eigenvalue weighted by Crippen LogP contribution is -2.33. The summed E-state index contributed by atoms with van der Waals surface area (Å²) >= 11 is 5.36. The van der Waals surface area contributed by atoms with Crippen LogP contribution in [0.4, 0.5) is 0 Å². The molecule has 2 aromatic rings. The summed E-state index contributed by atoms with van der Waals surface area (Å²) in [5, 5.41) is 0. The molecule has 1 aromatic heterocycles.